The summed E-state index contributed by atoms with van der Waals surface area (Å²) in [6.45, 7) is 1.90. The van der Waals surface area contributed by atoms with E-state index in [1.807, 2.05) is 13.0 Å². The minimum Gasteiger partial charge on any atom is -0.423 e. The summed E-state index contributed by atoms with van der Waals surface area (Å²) < 4.78 is 33.4. The molecule has 0 fully saturated rings. The Bertz CT molecular complexity index is 1200. The van der Waals surface area contributed by atoms with Gasteiger partial charge in [-0.05, 0) is 55.5 Å². The molecule has 0 aromatic heterocycles. The first-order valence-corrected chi connectivity index (χ1v) is 9.97. The van der Waals surface area contributed by atoms with Gasteiger partial charge in [0, 0.05) is 11.3 Å². The summed E-state index contributed by atoms with van der Waals surface area (Å²) in [6, 6.07) is 20.4. The Kier molecular flexibility index (Phi) is 4.44. The van der Waals surface area contributed by atoms with Gasteiger partial charge < -0.3 is 10.1 Å². The molecule has 0 saturated heterocycles. The van der Waals surface area contributed by atoms with E-state index in [2.05, 4.69) is 9.71 Å². The van der Waals surface area contributed by atoms with Gasteiger partial charge >= 0.3 is 5.97 Å². The summed E-state index contributed by atoms with van der Waals surface area (Å²) in [6.07, 6.45) is 0. The first-order valence-electron chi connectivity index (χ1n) is 8.53. The zero-order valence-corrected chi connectivity index (χ0v) is 15.7. The number of carbonyl (C=O) groups excluding carboxylic acids is 1. The molecule has 0 saturated carbocycles. The third-order valence-electron chi connectivity index (χ3n) is 4.21. The first kappa shape index (κ1) is 17.9. The number of hydrogen-bond donors (Lipinski definition) is 1. The molecule has 28 heavy (non-hydrogen) atoms. The predicted octanol–water partition coefficient (Wildman–Crippen LogP) is 3.78. The molecule has 0 atom stereocenters. The largest absolute Gasteiger partial charge is 0.423 e. The van der Waals surface area contributed by atoms with Gasteiger partial charge in [-0.25, -0.2) is 4.79 Å². The number of hydrogen-bond acceptors (Lipinski definition) is 5. The fourth-order valence-electron chi connectivity index (χ4n) is 2.88. The summed E-state index contributed by atoms with van der Waals surface area (Å²) >= 11 is 0. The van der Waals surface area contributed by atoms with Crippen LogP contribution >= 0.6 is 0 Å². The Morgan fingerprint density at radius 1 is 0.964 bits per heavy atom. The van der Waals surface area contributed by atoms with E-state index in [0.29, 0.717) is 22.6 Å². The van der Waals surface area contributed by atoms with Crippen molar-refractivity contribution in [3.8, 4) is 5.75 Å². The molecule has 1 N–H and O–H groups in total. The van der Waals surface area contributed by atoms with Gasteiger partial charge in [0.25, 0.3) is 10.0 Å². The van der Waals surface area contributed by atoms with E-state index in [-0.39, 0.29) is 10.7 Å². The number of amidine groups is 1. The Balaban J connectivity index is 1.50. The highest BCUT2D eigenvalue weighted by atomic mass is 32.2. The number of rotatable bonds is 3. The number of esters is 1. The van der Waals surface area contributed by atoms with Crippen molar-refractivity contribution in [1.29, 1.82) is 0 Å². The summed E-state index contributed by atoms with van der Waals surface area (Å²) in [5.74, 6) is 0.211. The van der Waals surface area contributed by atoms with E-state index in [1.165, 1.54) is 6.07 Å². The average molecular weight is 392 g/mol. The topological polar surface area (TPSA) is 84.8 Å². The van der Waals surface area contributed by atoms with Crippen molar-refractivity contribution in [2.24, 2.45) is 4.40 Å². The quantitative estimate of drug-likeness (QED) is 0.542. The minimum absolute atomic E-state index is 0.182. The van der Waals surface area contributed by atoms with Gasteiger partial charge in [-0.15, -0.1) is 4.40 Å². The molecule has 4 rings (SSSR count). The van der Waals surface area contributed by atoms with Gasteiger partial charge in [0.2, 0.25) is 0 Å². The Morgan fingerprint density at radius 2 is 1.71 bits per heavy atom. The fourth-order valence-corrected chi connectivity index (χ4v) is 4.05. The number of aryl methyl sites for hydroxylation is 1. The SMILES string of the molecule is Cc1cccc(C(=O)Oc2ccc(NC3=NS(=O)(=O)c4ccccc43)cc2)c1. The van der Waals surface area contributed by atoms with Gasteiger partial charge in [0.15, 0.2) is 5.84 Å². The highest BCUT2D eigenvalue weighted by molar-refractivity contribution is 7.90. The van der Waals surface area contributed by atoms with Crippen molar-refractivity contribution in [3.05, 3.63) is 89.5 Å². The van der Waals surface area contributed by atoms with Crippen LogP contribution in [0.4, 0.5) is 5.69 Å². The zero-order valence-electron chi connectivity index (χ0n) is 14.9. The molecule has 0 radical (unpaired) electrons. The summed E-state index contributed by atoms with van der Waals surface area (Å²) in [5, 5.41) is 3.00. The molecule has 7 heteroatoms. The molecular weight excluding hydrogens is 376 g/mol. The lowest BCUT2D eigenvalue weighted by Crippen LogP contribution is -2.11. The van der Waals surface area contributed by atoms with Crippen molar-refractivity contribution in [2.45, 2.75) is 11.8 Å². The Morgan fingerprint density at radius 3 is 2.46 bits per heavy atom. The van der Waals surface area contributed by atoms with Crippen LogP contribution in [0.25, 0.3) is 0 Å². The van der Waals surface area contributed by atoms with Crippen LogP contribution in [0.5, 0.6) is 5.75 Å². The summed E-state index contributed by atoms with van der Waals surface area (Å²) in [4.78, 5) is 12.4. The molecule has 3 aromatic carbocycles. The van der Waals surface area contributed by atoms with Crippen LogP contribution in [-0.4, -0.2) is 20.2 Å². The third kappa shape index (κ3) is 3.52. The van der Waals surface area contributed by atoms with Crippen molar-refractivity contribution >= 4 is 27.5 Å². The second-order valence-corrected chi connectivity index (χ2v) is 7.89. The van der Waals surface area contributed by atoms with Gasteiger partial charge in [-0.1, -0.05) is 29.8 Å². The average Bonchev–Trinajstić information content (AvgIpc) is 2.94. The third-order valence-corrected chi connectivity index (χ3v) is 5.55. The van der Waals surface area contributed by atoms with E-state index >= 15 is 0 Å². The van der Waals surface area contributed by atoms with Crippen LogP contribution in [0.15, 0.2) is 82.1 Å². The maximum atomic E-state index is 12.2. The number of ether oxygens (including phenoxy) is 1. The predicted molar refractivity (Wildman–Crippen MR) is 106 cm³/mol. The maximum Gasteiger partial charge on any atom is 0.343 e. The monoisotopic (exact) mass is 392 g/mol. The van der Waals surface area contributed by atoms with Gasteiger partial charge in [-0.3, -0.25) is 0 Å². The Hall–Kier alpha value is -3.45. The summed E-state index contributed by atoms with van der Waals surface area (Å²) in [7, 11) is -3.68. The van der Waals surface area contributed by atoms with Crippen LogP contribution in [0.3, 0.4) is 0 Å². The van der Waals surface area contributed by atoms with E-state index < -0.39 is 16.0 Å². The highest BCUT2D eigenvalue weighted by Gasteiger charge is 2.28. The van der Waals surface area contributed by atoms with Crippen LogP contribution in [0, 0.1) is 6.92 Å². The normalized spacial score (nSPS) is 14.1. The van der Waals surface area contributed by atoms with Crippen molar-refractivity contribution in [3.63, 3.8) is 0 Å². The molecular formula is C21H16N2O4S. The molecule has 1 aliphatic heterocycles. The second-order valence-electron chi connectivity index (χ2n) is 6.32. The smallest absolute Gasteiger partial charge is 0.343 e. The molecule has 0 amide bonds. The maximum absolute atomic E-state index is 12.2. The van der Waals surface area contributed by atoms with Crippen LogP contribution in [0.2, 0.25) is 0 Å². The van der Waals surface area contributed by atoms with Crippen molar-refractivity contribution in [2.75, 3.05) is 5.32 Å². The standard InChI is InChI=1S/C21H16N2O4S/c1-14-5-4-6-15(13-14)21(24)27-17-11-9-16(10-12-17)22-20-18-7-2-3-8-19(18)28(25,26)23-20/h2-13H,1H3,(H,22,23). The number of nitrogens with one attached hydrogen (secondary N) is 1. The number of benzene rings is 3. The zero-order chi connectivity index (χ0) is 19.7. The molecule has 1 aliphatic rings. The van der Waals surface area contributed by atoms with Crippen molar-refractivity contribution < 1.29 is 17.9 Å². The lowest BCUT2D eigenvalue weighted by molar-refractivity contribution is 0.0734. The van der Waals surface area contributed by atoms with Gasteiger partial charge in [0.05, 0.1) is 5.56 Å². The highest BCUT2D eigenvalue weighted by Crippen LogP contribution is 2.27. The number of anilines is 1. The van der Waals surface area contributed by atoms with E-state index in [9.17, 15) is 13.2 Å². The summed E-state index contributed by atoms with van der Waals surface area (Å²) in [5.41, 5.74) is 2.60. The fraction of sp³-hybridized carbons (Fsp3) is 0.0476. The number of sulfonamides is 1. The van der Waals surface area contributed by atoms with Crippen LogP contribution in [0.1, 0.15) is 21.5 Å². The minimum atomic E-state index is -3.68. The molecule has 140 valence electrons. The van der Waals surface area contributed by atoms with Crippen molar-refractivity contribution in [1.82, 2.24) is 0 Å². The molecule has 3 aromatic rings. The lowest BCUT2D eigenvalue weighted by Gasteiger charge is -2.08. The van der Waals surface area contributed by atoms with Gasteiger partial charge in [-0.2, -0.15) is 8.42 Å². The van der Waals surface area contributed by atoms with E-state index in [0.717, 1.165) is 5.56 Å². The van der Waals surface area contributed by atoms with Crippen LogP contribution in [-0.2, 0) is 10.0 Å². The number of fused-ring (bicyclic) bond motifs is 1. The van der Waals surface area contributed by atoms with E-state index in [4.69, 9.17) is 4.74 Å². The molecule has 6 nitrogen and oxygen atoms in total. The lowest BCUT2D eigenvalue weighted by atomic mass is 10.1. The molecule has 0 aliphatic carbocycles. The van der Waals surface area contributed by atoms with Crippen LogP contribution < -0.4 is 10.1 Å². The molecule has 0 spiro atoms. The number of carbonyl (C=O) groups is 1. The molecule has 0 unspecified atom stereocenters. The van der Waals surface area contributed by atoms with Gasteiger partial charge in [0.1, 0.15) is 10.6 Å². The Labute approximate surface area is 162 Å². The molecule has 0 bridgehead atoms. The second kappa shape index (κ2) is 6.94. The van der Waals surface area contributed by atoms with E-state index in [1.54, 1.807) is 60.7 Å². The first-order chi connectivity index (χ1) is 13.4. The molecule has 1 heterocycles. The number of nitrogens with zero attached hydrogens (tertiary/aromatic N) is 1.